The van der Waals surface area contributed by atoms with Crippen molar-refractivity contribution >= 4 is 22.8 Å². The number of piperidine rings is 1. The second-order valence-electron chi connectivity index (χ2n) is 3.69. The largest absolute Gasteiger partial charge is 0.369 e. The lowest BCUT2D eigenvalue weighted by molar-refractivity contribution is -0.123. The van der Waals surface area contributed by atoms with Crippen LogP contribution < -0.4 is 5.73 Å². The van der Waals surface area contributed by atoms with Gasteiger partial charge in [-0.2, -0.15) is 0 Å². The van der Waals surface area contributed by atoms with Crippen molar-refractivity contribution in [1.82, 2.24) is 4.90 Å². The van der Waals surface area contributed by atoms with Crippen molar-refractivity contribution in [2.45, 2.75) is 25.8 Å². The van der Waals surface area contributed by atoms with Gasteiger partial charge in [-0.25, -0.2) is 0 Å². The van der Waals surface area contributed by atoms with Gasteiger partial charge in [0.05, 0.1) is 6.04 Å². The Balaban J connectivity index is 2.43. The molecule has 80 valence electrons. The molecule has 1 aliphatic rings. The van der Waals surface area contributed by atoms with E-state index in [9.17, 15) is 9.59 Å². The van der Waals surface area contributed by atoms with Gasteiger partial charge in [0.2, 0.25) is 11.1 Å². The molecule has 2 N–H and O–H groups in total. The van der Waals surface area contributed by atoms with Gasteiger partial charge >= 0.3 is 0 Å². The smallest absolute Gasteiger partial charge is 0.238 e. The lowest BCUT2D eigenvalue weighted by Gasteiger charge is -2.33. The molecule has 0 aromatic carbocycles. The Bertz CT molecular complexity index is 237. The summed E-state index contributed by atoms with van der Waals surface area (Å²) >= 11 is 5.39. The van der Waals surface area contributed by atoms with E-state index in [2.05, 4.69) is 0 Å². The molecule has 1 unspecified atom stereocenters. The molecule has 1 saturated heterocycles. The maximum absolute atomic E-state index is 10.9. The first-order valence-corrected chi connectivity index (χ1v) is 5.13. The highest BCUT2D eigenvalue weighted by Crippen LogP contribution is 2.19. The summed E-state index contributed by atoms with van der Waals surface area (Å²) in [6.07, 6.45) is 1.45. The molecule has 1 amide bonds. The number of rotatable bonds is 3. The lowest BCUT2D eigenvalue weighted by atomic mass is 9.95. The SMILES string of the molecule is CC(C(=O)Cl)N1CCC(C(N)=O)CC1. The molecular formula is C9H15ClN2O2. The molecule has 0 bridgehead atoms. The third-order valence-corrected chi connectivity index (χ3v) is 3.12. The van der Waals surface area contributed by atoms with E-state index < -0.39 is 0 Å². The minimum atomic E-state index is -0.345. The molecule has 0 radical (unpaired) electrons. The molecule has 1 atom stereocenters. The van der Waals surface area contributed by atoms with Crippen LogP contribution in [0.15, 0.2) is 0 Å². The minimum Gasteiger partial charge on any atom is -0.369 e. The molecule has 0 aromatic rings. The van der Waals surface area contributed by atoms with E-state index in [0.29, 0.717) is 13.1 Å². The van der Waals surface area contributed by atoms with Crippen LogP contribution in [-0.2, 0) is 9.59 Å². The molecule has 0 aromatic heterocycles. The van der Waals surface area contributed by atoms with E-state index >= 15 is 0 Å². The third kappa shape index (κ3) is 2.69. The Morgan fingerprint density at radius 2 is 1.93 bits per heavy atom. The number of hydrogen-bond acceptors (Lipinski definition) is 3. The number of nitrogens with zero attached hydrogens (tertiary/aromatic N) is 1. The second kappa shape index (κ2) is 4.75. The van der Waals surface area contributed by atoms with Crippen molar-refractivity contribution in [2.75, 3.05) is 13.1 Å². The highest BCUT2D eigenvalue weighted by molar-refractivity contribution is 6.64. The van der Waals surface area contributed by atoms with Gasteiger partial charge in [0.25, 0.3) is 0 Å². The van der Waals surface area contributed by atoms with Crippen LogP contribution in [0.2, 0.25) is 0 Å². The average molecular weight is 219 g/mol. The monoisotopic (exact) mass is 218 g/mol. The quantitative estimate of drug-likeness (QED) is 0.695. The molecule has 1 aliphatic heterocycles. The lowest BCUT2D eigenvalue weighted by Crippen LogP contribution is -2.44. The molecule has 1 heterocycles. The summed E-state index contributed by atoms with van der Waals surface area (Å²) in [4.78, 5) is 23.7. The fourth-order valence-electron chi connectivity index (χ4n) is 1.71. The van der Waals surface area contributed by atoms with E-state index in [1.165, 1.54) is 0 Å². The predicted molar refractivity (Wildman–Crippen MR) is 53.8 cm³/mol. The zero-order chi connectivity index (χ0) is 10.7. The number of halogens is 1. The van der Waals surface area contributed by atoms with Crippen LogP contribution in [0.1, 0.15) is 19.8 Å². The Morgan fingerprint density at radius 3 is 2.29 bits per heavy atom. The zero-order valence-corrected chi connectivity index (χ0v) is 8.96. The van der Waals surface area contributed by atoms with Crippen molar-refractivity contribution in [3.63, 3.8) is 0 Å². The molecule has 5 heteroatoms. The summed E-state index contributed by atoms with van der Waals surface area (Å²) in [6, 6.07) is -0.259. The summed E-state index contributed by atoms with van der Waals surface area (Å²) in [5, 5.41) is -0.345. The fourth-order valence-corrected chi connectivity index (χ4v) is 1.85. The number of carbonyl (C=O) groups excluding carboxylic acids is 2. The molecular weight excluding hydrogens is 204 g/mol. The van der Waals surface area contributed by atoms with E-state index in [4.69, 9.17) is 17.3 Å². The first kappa shape index (κ1) is 11.5. The van der Waals surface area contributed by atoms with Gasteiger partial charge in [0.15, 0.2) is 0 Å². The van der Waals surface area contributed by atoms with E-state index in [1.807, 2.05) is 4.90 Å². The van der Waals surface area contributed by atoms with Gasteiger partial charge in [0, 0.05) is 5.92 Å². The standard InChI is InChI=1S/C9H15ClN2O2/c1-6(8(10)13)12-4-2-7(3-5-12)9(11)14/h6-7H,2-5H2,1H3,(H2,11,14). The fraction of sp³-hybridized carbons (Fsp3) is 0.778. The molecule has 0 aliphatic carbocycles. The molecule has 14 heavy (non-hydrogen) atoms. The zero-order valence-electron chi connectivity index (χ0n) is 8.20. The van der Waals surface area contributed by atoms with Gasteiger partial charge < -0.3 is 5.73 Å². The van der Waals surface area contributed by atoms with Crippen molar-refractivity contribution < 1.29 is 9.59 Å². The Hall–Kier alpha value is -0.610. The van der Waals surface area contributed by atoms with Crippen LogP contribution in [0.3, 0.4) is 0 Å². The first-order chi connectivity index (χ1) is 6.52. The minimum absolute atomic E-state index is 0.0381. The van der Waals surface area contributed by atoms with Gasteiger partial charge in [-0.05, 0) is 44.5 Å². The third-order valence-electron chi connectivity index (χ3n) is 2.81. The van der Waals surface area contributed by atoms with Crippen LogP contribution in [0, 0.1) is 5.92 Å². The Morgan fingerprint density at radius 1 is 1.43 bits per heavy atom. The van der Waals surface area contributed by atoms with Crippen LogP contribution in [0.5, 0.6) is 0 Å². The van der Waals surface area contributed by atoms with E-state index in [1.54, 1.807) is 6.92 Å². The predicted octanol–water partition coefficient (Wildman–Crippen LogP) is 0.338. The average Bonchev–Trinajstić information content (AvgIpc) is 2.16. The maximum atomic E-state index is 10.9. The van der Waals surface area contributed by atoms with Crippen LogP contribution in [-0.4, -0.2) is 35.2 Å². The summed E-state index contributed by atoms with van der Waals surface area (Å²) in [6.45, 7) is 3.21. The number of likely N-dealkylation sites (tertiary alicyclic amines) is 1. The van der Waals surface area contributed by atoms with Crippen LogP contribution in [0.4, 0.5) is 0 Å². The van der Waals surface area contributed by atoms with Crippen molar-refractivity contribution in [3.8, 4) is 0 Å². The van der Waals surface area contributed by atoms with Crippen LogP contribution in [0.25, 0.3) is 0 Å². The molecule has 4 nitrogen and oxygen atoms in total. The normalized spacial score (nSPS) is 21.9. The van der Waals surface area contributed by atoms with Crippen molar-refractivity contribution in [2.24, 2.45) is 11.7 Å². The summed E-state index contributed by atoms with van der Waals surface area (Å²) in [5.74, 6) is -0.279. The van der Waals surface area contributed by atoms with Gasteiger partial charge in [0.1, 0.15) is 0 Å². The first-order valence-electron chi connectivity index (χ1n) is 4.75. The van der Waals surface area contributed by atoms with Gasteiger partial charge in [-0.3, -0.25) is 14.5 Å². The highest BCUT2D eigenvalue weighted by atomic mass is 35.5. The maximum Gasteiger partial charge on any atom is 0.238 e. The summed E-state index contributed by atoms with van der Waals surface area (Å²) in [5.41, 5.74) is 5.20. The molecule has 0 saturated carbocycles. The van der Waals surface area contributed by atoms with E-state index in [-0.39, 0.29) is 23.1 Å². The summed E-state index contributed by atoms with van der Waals surface area (Å²) < 4.78 is 0. The van der Waals surface area contributed by atoms with Crippen molar-refractivity contribution in [1.29, 1.82) is 0 Å². The van der Waals surface area contributed by atoms with Crippen molar-refractivity contribution in [3.05, 3.63) is 0 Å². The second-order valence-corrected chi connectivity index (χ2v) is 4.07. The summed E-state index contributed by atoms with van der Waals surface area (Å²) in [7, 11) is 0. The molecule has 1 fully saturated rings. The Kier molecular flexibility index (Phi) is 3.89. The topological polar surface area (TPSA) is 63.4 Å². The number of hydrogen-bond donors (Lipinski definition) is 1. The number of amides is 1. The van der Waals surface area contributed by atoms with Gasteiger partial charge in [-0.15, -0.1) is 0 Å². The molecule has 0 spiro atoms. The Labute approximate surface area is 88.4 Å². The van der Waals surface area contributed by atoms with Gasteiger partial charge in [-0.1, -0.05) is 0 Å². The van der Waals surface area contributed by atoms with E-state index in [0.717, 1.165) is 12.8 Å². The number of nitrogens with two attached hydrogens (primary N) is 1. The number of primary amides is 1. The van der Waals surface area contributed by atoms with Crippen LogP contribution >= 0.6 is 11.6 Å². The molecule has 1 rings (SSSR count). The highest BCUT2D eigenvalue weighted by Gasteiger charge is 2.27. The number of carbonyl (C=O) groups is 2.